The van der Waals surface area contributed by atoms with Gasteiger partial charge in [0.15, 0.2) is 0 Å². The lowest BCUT2D eigenvalue weighted by molar-refractivity contribution is -0.119. The van der Waals surface area contributed by atoms with Crippen LogP contribution in [0.5, 0.6) is 0 Å². The van der Waals surface area contributed by atoms with Crippen molar-refractivity contribution in [3.05, 3.63) is 59.2 Å². The Morgan fingerprint density at radius 1 is 1.19 bits per heavy atom. The first-order valence-corrected chi connectivity index (χ1v) is 10.9. The lowest BCUT2D eigenvalue weighted by atomic mass is 10.1. The molecule has 1 amide bonds. The van der Waals surface area contributed by atoms with Crippen LogP contribution >= 0.6 is 0 Å². The smallest absolute Gasteiger partial charge is 0.250 e. The number of carbonyl (C=O) groups excluding carboxylic acids is 1. The molecule has 0 fully saturated rings. The molecule has 2 aromatic carbocycles. The van der Waals surface area contributed by atoms with Gasteiger partial charge >= 0.3 is 0 Å². The molecule has 0 aromatic heterocycles. The number of rotatable bonds is 4. The van der Waals surface area contributed by atoms with Crippen molar-refractivity contribution in [1.82, 2.24) is 0 Å². The molecule has 0 saturated heterocycles. The highest BCUT2D eigenvalue weighted by molar-refractivity contribution is 7.92. The molecule has 5 nitrogen and oxygen atoms in total. The second-order valence-electron chi connectivity index (χ2n) is 7.41. The lowest BCUT2D eigenvalue weighted by Crippen LogP contribution is -2.51. The van der Waals surface area contributed by atoms with Crippen molar-refractivity contribution in [1.29, 1.82) is 0 Å². The number of benzene rings is 2. The quantitative estimate of drug-likeness (QED) is 0.809. The molecule has 1 aliphatic rings. The molecule has 0 spiro atoms. The molecule has 27 heavy (non-hydrogen) atoms. The van der Waals surface area contributed by atoms with Crippen LogP contribution in [0.25, 0.3) is 0 Å². The first-order valence-electron chi connectivity index (χ1n) is 9.09. The van der Waals surface area contributed by atoms with Crippen molar-refractivity contribution in [3.8, 4) is 0 Å². The van der Waals surface area contributed by atoms with Crippen molar-refractivity contribution in [2.24, 2.45) is 0 Å². The number of aryl methyl sites for hydroxylation is 2. The Balaban J connectivity index is 2.04. The summed E-state index contributed by atoms with van der Waals surface area (Å²) in [7, 11) is -3.64. The molecule has 0 N–H and O–H groups in total. The summed E-state index contributed by atoms with van der Waals surface area (Å²) in [5.74, 6) is -0.209. The Hall–Kier alpha value is -2.34. The number of hydrogen-bond acceptors (Lipinski definition) is 3. The number of fused-ring (bicyclic) bond motifs is 1. The first-order chi connectivity index (χ1) is 12.6. The van der Waals surface area contributed by atoms with Gasteiger partial charge in [0.2, 0.25) is 10.0 Å². The summed E-state index contributed by atoms with van der Waals surface area (Å²) >= 11 is 0. The predicted molar refractivity (Wildman–Crippen MR) is 110 cm³/mol. The molecule has 2 aromatic rings. The monoisotopic (exact) mass is 386 g/mol. The molecule has 0 aliphatic carbocycles. The van der Waals surface area contributed by atoms with Gasteiger partial charge in [-0.1, -0.05) is 30.3 Å². The van der Waals surface area contributed by atoms with E-state index in [-0.39, 0.29) is 11.9 Å². The van der Waals surface area contributed by atoms with Gasteiger partial charge in [0, 0.05) is 11.7 Å². The van der Waals surface area contributed by atoms with Crippen molar-refractivity contribution in [2.45, 2.75) is 46.2 Å². The number of sulfonamides is 1. The van der Waals surface area contributed by atoms with E-state index in [2.05, 4.69) is 0 Å². The van der Waals surface area contributed by atoms with Crippen LogP contribution in [0.1, 0.15) is 30.5 Å². The summed E-state index contributed by atoms with van der Waals surface area (Å²) in [5.41, 5.74) is 4.31. The molecule has 0 bridgehead atoms. The highest BCUT2D eigenvalue weighted by atomic mass is 32.2. The van der Waals surface area contributed by atoms with Crippen LogP contribution in [0.4, 0.5) is 11.4 Å². The molecule has 1 heterocycles. The maximum Gasteiger partial charge on any atom is 0.250 e. The molecular weight excluding hydrogens is 360 g/mol. The van der Waals surface area contributed by atoms with E-state index in [1.807, 2.05) is 63.2 Å². The summed E-state index contributed by atoms with van der Waals surface area (Å²) in [6.45, 7) is 7.43. The van der Waals surface area contributed by atoms with Gasteiger partial charge in [-0.15, -0.1) is 0 Å². The molecule has 144 valence electrons. The Bertz CT molecular complexity index is 985. The number of para-hydroxylation sites is 1. The van der Waals surface area contributed by atoms with Crippen molar-refractivity contribution >= 4 is 27.3 Å². The normalized spacial score (nSPS) is 17.5. The zero-order chi connectivity index (χ0) is 19.9. The van der Waals surface area contributed by atoms with Gasteiger partial charge in [-0.3, -0.25) is 9.10 Å². The Morgan fingerprint density at radius 2 is 1.85 bits per heavy atom. The average molecular weight is 387 g/mol. The second-order valence-corrected chi connectivity index (χ2v) is 9.27. The zero-order valence-corrected chi connectivity index (χ0v) is 17.2. The number of nitrogens with zero attached hydrogens (tertiary/aromatic N) is 2. The summed E-state index contributed by atoms with van der Waals surface area (Å²) in [4.78, 5) is 15.1. The van der Waals surface area contributed by atoms with E-state index in [0.717, 1.165) is 35.1 Å². The molecule has 2 unspecified atom stereocenters. The Labute approximate surface area is 161 Å². The topological polar surface area (TPSA) is 57.7 Å². The zero-order valence-electron chi connectivity index (χ0n) is 16.4. The predicted octanol–water partition coefficient (Wildman–Crippen LogP) is 3.44. The Kier molecular flexibility index (Phi) is 5.04. The fraction of sp³-hybridized carbons (Fsp3) is 0.381. The minimum atomic E-state index is -3.64. The van der Waals surface area contributed by atoms with Gasteiger partial charge in [-0.05, 0) is 62.9 Å². The summed E-state index contributed by atoms with van der Waals surface area (Å²) in [6.07, 6.45) is 1.93. The number of hydrogen-bond donors (Lipinski definition) is 0. The van der Waals surface area contributed by atoms with Gasteiger partial charge in [-0.2, -0.15) is 0 Å². The summed E-state index contributed by atoms with van der Waals surface area (Å²) in [5, 5.41) is 0. The number of carbonyl (C=O) groups is 1. The fourth-order valence-electron chi connectivity index (χ4n) is 3.83. The van der Waals surface area contributed by atoms with E-state index in [1.54, 1.807) is 11.8 Å². The molecule has 0 radical (unpaired) electrons. The SMILES string of the molecule is Cc1ccc(C)c(N(C(C)C(=O)N2c3ccccc3CC2C)S(C)(=O)=O)c1. The van der Waals surface area contributed by atoms with Crippen LogP contribution < -0.4 is 9.21 Å². The maximum atomic E-state index is 13.4. The minimum Gasteiger partial charge on any atom is -0.307 e. The minimum absolute atomic E-state index is 0.00244. The van der Waals surface area contributed by atoms with E-state index < -0.39 is 16.1 Å². The van der Waals surface area contributed by atoms with Crippen LogP contribution in [-0.4, -0.2) is 32.7 Å². The second kappa shape index (κ2) is 7.00. The first kappa shape index (κ1) is 19.4. The number of amides is 1. The molecule has 1 aliphatic heterocycles. The Morgan fingerprint density at radius 3 is 2.52 bits per heavy atom. The maximum absolute atomic E-state index is 13.4. The highest BCUT2D eigenvalue weighted by Gasteiger charge is 2.38. The highest BCUT2D eigenvalue weighted by Crippen LogP contribution is 2.34. The van der Waals surface area contributed by atoms with E-state index in [0.29, 0.717) is 5.69 Å². The molecule has 2 atom stereocenters. The van der Waals surface area contributed by atoms with Crippen LogP contribution in [0.15, 0.2) is 42.5 Å². The van der Waals surface area contributed by atoms with Crippen molar-refractivity contribution in [3.63, 3.8) is 0 Å². The van der Waals surface area contributed by atoms with Gasteiger partial charge in [0.25, 0.3) is 5.91 Å². The van der Waals surface area contributed by atoms with Crippen molar-refractivity contribution in [2.75, 3.05) is 15.5 Å². The third-order valence-electron chi connectivity index (χ3n) is 5.11. The van der Waals surface area contributed by atoms with Crippen molar-refractivity contribution < 1.29 is 13.2 Å². The van der Waals surface area contributed by atoms with E-state index in [4.69, 9.17) is 0 Å². The van der Waals surface area contributed by atoms with Crippen LogP contribution in [0.2, 0.25) is 0 Å². The van der Waals surface area contributed by atoms with Gasteiger partial charge < -0.3 is 4.90 Å². The van der Waals surface area contributed by atoms with Crippen LogP contribution in [0, 0.1) is 13.8 Å². The summed E-state index contributed by atoms with van der Waals surface area (Å²) in [6, 6.07) is 12.6. The van der Waals surface area contributed by atoms with Crippen LogP contribution in [-0.2, 0) is 21.2 Å². The van der Waals surface area contributed by atoms with Gasteiger partial charge in [0.05, 0.1) is 11.9 Å². The molecule has 0 saturated carbocycles. The molecular formula is C21H26N2O3S. The molecule has 6 heteroatoms. The standard InChI is InChI=1S/C21H26N2O3S/c1-14-10-11-15(2)20(12-14)23(27(5,25)26)17(4)21(24)22-16(3)13-18-8-6-7-9-19(18)22/h6-12,16-17H,13H2,1-5H3. The van der Waals surface area contributed by atoms with E-state index in [9.17, 15) is 13.2 Å². The lowest BCUT2D eigenvalue weighted by Gasteiger charge is -2.34. The third kappa shape index (κ3) is 3.58. The third-order valence-corrected chi connectivity index (χ3v) is 6.34. The fourth-order valence-corrected chi connectivity index (χ4v) is 5.05. The summed E-state index contributed by atoms with van der Waals surface area (Å²) < 4.78 is 26.5. The van der Waals surface area contributed by atoms with E-state index in [1.165, 1.54) is 4.31 Å². The van der Waals surface area contributed by atoms with Gasteiger partial charge in [0.1, 0.15) is 6.04 Å². The average Bonchev–Trinajstić information content (AvgIpc) is 2.92. The largest absolute Gasteiger partial charge is 0.307 e. The van der Waals surface area contributed by atoms with Gasteiger partial charge in [-0.25, -0.2) is 8.42 Å². The molecule has 3 rings (SSSR count). The van der Waals surface area contributed by atoms with E-state index >= 15 is 0 Å². The number of anilines is 2. The van der Waals surface area contributed by atoms with Crippen LogP contribution in [0.3, 0.4) is 0 Å².